The summed E-state index contributed by atoms with van der Waals surface area (Å²) in [6.45, 7) is 5.11. The molecule has 0 bridgehead atoms. The Labute approximate surface area is 162 Å². The second kappa shape index (κ2) is 7.74. The Bertz CT molecular complexity index is 680. The maximum atomic E-state index is 12.7. The molecule has 2 fully saturated rings. The Balaban J connectivity index is 1.75. The van der Waals surface area contributed by atoms with Gasteiger partial charge in [-0.25, -0.2) is 0 Å². The molecule has 2 saturated heterocycles. The van der Waals surface area contributed by atoms with Crippen molar-refractivity contribution >= 4 is 46.8 Å². The first kappa shape index (κ1) is 18.8. The first-order valence-electron chi connectivity index (χ1n) is 8.24. The van der Waals surface area contributed by atoms with E-state index in [-0.39, 0.29) is 29.0 Å². The molecule has 8 heteroatoms. The number of carbonyl (C=O) groups excluding carboxylic acids is 2. The van der Waals surface area contributed by atoms with E-state index in [4.69, 9.17) is 23.2 Å². The van der Waals surface area contributed by atoms with Gasteiger partial charge in [-0.05, 0) is 31.7 Å². The van der Waals surface area contributed by atoms with Gasteiger partial charge in [-0.15, -0.1) is 11.8 Å². The maximum absolute atomic E-state index is 12.7. The molecule has 2 aliphatic heterocycles. The van der Waals surface area contributed by atoms with Crippen molar-refractivity contribution in [2.75, 3.05) is 39.8 Å². The van der Waals surface area contributed by atoms with Gasteiger partial charge in [0, 0.05) is 26.2 Å². The molecule has 25 heavy (non-hydrogen) atoms. The number of rotatable bonds is 3. The average Bonchev–Trinajstić information content (AvgIpc) is 2.86. The summed E-state index contributed by atoms with van der Waals surface area (Å²) in [5, 5.41) is 0.540. The molecule has 5 nitrogen and oxygen atoms in total. The summed E-state index contributed by atoms with van der Waals surface area (Å²) in [6.07, 6.45) is 0. The molecule has 3 rings (SSSR count). The van der Waals surface area contributed by atoms with E-state index >= 15 is 0 Å². The van der Waals surface area contributed by atoms with Gasteiger partial charge < -0.3 is 14.7 Å². The number of halogens is 2. The van der Waals surface area contributed by atoms with Crippen molar-refractivity contribution in [1.29, 1.82) is 0 Å². The quantitative estimate of drug-likeness (QED) is 0.780. The van der Waals surface area contributed by atoms with E-state index in [9.17, 15) is 9.59 Å². The summed E-state index contributed by atoms with van der Waals surface area (Å²) in [5.41, 5.74) is 0.892. The normalized spacial score (nSPS) is 24.9. The van der Waals surface area contributed by atoms with Crippen LogP contribution in [0, 0.1) is 0 Å². The lowest BCUT2D eigenvalue weighted by Gasteiger charge is -2.34. The highest BCUT2D eigenvalue weighted by Crippen LogP contribution is 2.43. The Morgan fingerprint density at radius 1 is 1.20 bits per heavy atom. The van der Waals surface area contributed by atoms with Crippen LogP contribution in [-0.2, 0) is 9.59 Å². The number of nitrogens with zero attached hydrogens (tertiary/aromatic N) is 3. The molecule has 0 saturated carbocycles. The summed E-state index contributed by atoms with van der Waals surface area (Å²) >= 11 is 13.7. The van der Waals surface area contributed by atoms with Gasteiger partial charge in [-0.3, -0.25) is 9.59 Å². The van der Waals surface area contributed by atoms with E-state index in [0.29, 0.717) is 23.1 Å². The number of benzene rings is 1. The molecule has 0 aromatic heterocycles. The molecule has 2 amide bonds. The van der Waals surface area contributed by atoms with Crippen LogP contribution in [0.5, 0.6) is 0 Å². The second-order valence-electron chi connectivity index (χ2n) is 6.45. The zero-order valence-corrected chi connectivity index (χ0v) is 16.6. The van der Waals surface area contributed by atoms with E-state index in [2.05, 4.69) is 4.90 Å². The van der Waals surface area contributed by atoms with Crippen molar-refractivity contribution in [3.63, 3.8) is 0 Å². The predicted octanol–water partition coefficient (Wildman–Crippen LogP) is 2.73. The number of thioether (sulfide) groups is 1. The van der Waals surface area contributed by atoms with E-state index < -0.39 is 0 Å². The van der Waals surface area contributed by atoms with Gasteiger partial charge in [0.25, 0.3) is 0 Å². The van der Waals surface area contributed by atoms with Crippen LogP contribution in [0.3, 0.4) is 0 Å². The molecule has 2 aliphatic rings. The Hall–Kier alpha value is -0.950. The van der Waals surface area contributed by atoms with E-state index in [1.807, 2.05) is 24.9 Å². The minimum Gasteiger partial charge on any atom is -0.339 e. The smallest absolute Gasteiger partial charge is 0.242 e. The van der Waals surface area contributed by atoms with Crippen LogP contribution < -0.4 is 0 Å². The van der Waals surface area contributed by atoms with E-state index in [1.54, 1.807) is 17.0 Å². The van der Waals surface area contributed by atoms with Crippen LogP contribution in [0.1, 0.15) is 17.9 Å². The Kier molecular flexibility index (Phi) is 5.83. The molecule has 1 aromatic carbocycles. The van der Waals surface area contributed by atoms with Crippen LogP contribution in [0.2, 0.25) is 10.0 Å². The molecule has 2 heterocycles. The summed E-state index contributed by atoms with van der Waals surface area (Å²) in [5.74, 6) is -0.00948. The van der Waals surface area contributed by atoms with Gasteiger partial charge in [0.2, 0.25) is 11.8 Å². The van der Waals surface area contributed by atoms with E-state index in [0.717, 1.165) is 18.7 Å². The molecule has 0 spiro atoms. The maximum Gasteiger partial charge on any atom is 0.242 e. The molecule has 2 atom stereocenters. The summed E-state index contributed by atoms with van der Waals surface area (Å²) < 4.78 is 0. The number of likely N-dealkylation sites (N-methyl/N-ethyl adjacent to an activating group) is 1. The molecular formula is C17H21Cl2N3O2S. The van der Waals surface area contributed by atoms with Crippen molar-refractivity contribution in [1.82, 2.24) is 14.7 Å². The van der Waals surface area contributed by atoms with Crippen molar-refractivity contribution < 1.29 is 9.59 Å². The fourth-order valence-electron chi connectivity index (χ4n) is 3.06. The van der Waals surface area contributed by atoms with Gasteiger partial charge >= 0.3 is 0 Å². The topological polar surface area (TPSA) is 43.9 Å². The molecule has 2 unspecified atom stereocenters. The van der Waals surface area contributed by atoms with Gasteiger partial charge in [-0.1, -0.05) is 29.3 Å². The highest BCUT2D eigenvalue weighted by Gasteiger charge is 2.40. The highest BCUT2D eigenvalue weighted by molar-refractivity contribution is 8.01. The predicted molar refractivity (Wildman–Crippen MR) is 102 cm³/mol. The van der Waals surface area contributed by atoms with E-state index in [1.165, 1.54) is 11.8 Å². The Morgan fingerprint density at radius 3 is 2.52 bits per heavy atom. The monoisotopic (exact) mass is 401 g/mol. The minimum atomic E-state index is -0.214. The van der Waals surface area contributed by atoms with Gasteiger partial charge in [0.05, 0.1) is 15.3 Å². The zero-order valence-electron chi connectivity index (χ0n) is 14.2. The van der Waals surface area contributed by atoms with Crippen molar-refractivity contribution in [3.8, 4) is 0 Å². The molecule has 0 aliphatic carbocycles. The summed E-state index contributed by atoms with van der Waals surface area (Å²) in [4.78, 5) is 30.9. The second-order valence-corrected chi connectivity index (χ2v) is 8.69. The molecule has 1 aromatic rings. The van der Waals surface area contributed by atoms with Crippen molar-refractivity contribution in [3.05, 3.63) is 33.8 Å². The van der Waals surface area contributed by atoms with Crippen LogP contribution in [0.25, 0.3) is 0 Å². The number of hydrogen-bond donors (Lipinski definition) is 0. The van der Waals surface area contributed by atoms with Gasteiger partial charge in [0.15, 0.2) is 0 Å². The number of hydrogen-bond acceptors (Lipinski definition) is 4. The first-order valence-corrected chi connectivity index (χ1v) is 9.94. The highest BCUT2D eigenvalue weighted by atomic mass is 35.5. The third kappa shape index (κ3) is 4.08. The van der Waals surface area contributed by atoms with Crippen LogP contribution >= 0.6 is 35.0 Å². The fourth-order valence-corrected chi connectivity index (χ4v) is 4.64. The lowest BCUT2D eigenvalue weighted by atomic mass is 10.2. The van der Waals surface area contributed by atoms with Gasteiger partial charge in [0.1, 0.15) is 11.9 Å². The largest absolute Gasteiger partial charge is 0.339 e. The zero-order chi connectivity index (χ0) is 18.1. The molecular weight excluding hydrogens is 381 g/mol. The molecule has 0 N–H and O–H groups in total. The minimum absolute atomic E-state index is 0.00112. The fraction of sp³-hybridized carbons (Fsp3) is 0.529. The molecule has 0 radical (unpaired) electrons. The number of carbonyl (C=O) groups is 2. The third-order valence-corrected chi connectivity index (χ3v) is 6.77. The van der Waals surface area contributed by atoms with Crippen LogP contribution in [0.4, 0.5) is 0 Å². The molecule has 136 valence electrons. The SMILES string of the molecule is CC1SC(c2ccc(Cl)c(Cl)c2)N(CC(=O)N2CCN(C)CC2)C1=O. The number of piperazine rings is 1. The Morgan fingerprint density at radius 2 is 1.88 bits per heavy atom. The number of amides is 2. The lowest BCUT2D eigenvalue weighted by molar-refractivity contribution is -0.140. The third-order valence-electron chi connectivity index (χ3n) is 4.64. The van der Waals surface area contributed by atoms with Crippen LogP contribution in [0.15, 0.2) is 18.2 Å². The lowest BCUT2D eigenvalue weighted by Crippen LogP contribution is -2.50. The van der Waals surface area contributed by atoms with Crippen LogP contribution in [-0.4, -0.2) is 71.5 Å². The first-order chi connectivity index (χ1) is 11.9. The average molecular weight is 402 g/mol. The summed E-state index contributed by atoms with van der Waals surface area (Å²) in [7, 11) is 2.05. The standard InChI is InChI=1S/C17H21Cl2N3O2S/c1-11-16(24)22(10-15(23)21-7-5-20(2)6-8-21)17(25-11)12-3-4-13(18)14(19)9-12/h3-4,9,11,17H,5-8,10H2,1-2H3. The van der Waals surface area contributed by atoms with Crippen molar-refractivity contribution in [2.45, 2.75) is 17.5 Å². The summed E-state index contributed by atoms with van der Waals surface area (Å²) in [6, 6.07) is 5.37. The van der Waals surface area contributed by atoms with Crippen molar-refractivity contribution in [2.24, 2.45) is 0 Å². The van der Waals surface area contributed by atoms with Gasteiger partial charge in [-0.2, -0.15) is 0 Å².